The van der Waals surface area contributed by atoms with Crippen LogP contribution >= 0.6 is 22.7 Å². The molecule has 4 aromatic rings. The third-order valence-electron chi connectivity index (χ3n) is 6.02. The Morgan fingerprint density at radius 3 is 2.97 bits per heavy atom. The lowest BCUT2D eigenvalue weighted by atomic mass is 9.93. The molecule has 31 heavy (non-hydrogen) atoms. The van der Waals surface area contributed by atoms with Crippen molar-refractivity contribution in [2.45, 2.75) is 44.2 Å². The van der Waals surface area contributed by atoms with Gasteiger partial charge in [-0.25, -0.2) is 9.97 Å². The van der Waals surface area contributed by atoms with Gasteiger partial charge in [-0.05, 0) is 43.0 Å². The zero-order valence-electron chi connectivity index (χ0n) is 16.7. The standard InChI is InChI=1S/C21H20N6O2S2/c28-21-26-15-6-3-12(7-17(15)31-21)25-19-18-14-5-4-13(27(29)10-24-11-1-2-11)8-16(14)30-20(18)23-9-22-19/h3,6-7,9,11,13,24H,1-2,4-5,8,10H2,(H-,22,23,25,26,28)/p+1. The number of rotatable bonds is 6. The number of hydrogen-bond donors (Lipinski definition) is 3. The third-order valence-corrected chi connectivity index (χ3v) is 8.03. The van der Waals surface area contributed by atoms with Crippen molar-refractivity contribution in [3.63, 3.8) is 0 Å². The van der Waals surface area contributed by atoms with Crippen molar-refractivity contribution in [2.75, 3.05) is 12.0 Å². The molecule has 0 bridgehead atoms. The molecule has 0 amide bonds. The number of H-pyrrole nitrogens is 1. The van der Waals surface area contributed by atoms with Gasteiger partial charge < -0.3 is 10.3 Å². The van der Waals surface area contributed by atoms with Crippen LogP contribution in [0.2, 0.25) is 0 Å². The molecular formula is C21H21N6O2S2+. The fourth-order valence-electron chi connectivity index (χ4n) is 4.23. The fraction of sp³-hybridized carbons (Fsp3) is 0.381. The van der Waals surface area contributed by atoms with E-state index in [0.29, 0.717) is 12.7 Å². The molecule has 8 nitrogen and oxygen atoms in total. The first-order valence-electron chi connectivity index (χ1n) is 10.5. The normalized spacial score (nSPS) is 18.4. The highest BCUT2D eigenvalue weighted by Crippen LogP contribution is 2.39. The lowest BCUT2D eigenvalue weighted by molar-refractivity contribution is -0.591. The molecular weight excluding hydrogens is 432 g/mol. The third kappa shape index (κ3) is 3.64. The molecule has 2 aliphatic rings. The highest BCUT2D eigenvalue weighted by molar-refractivity contribution is 7.19. The number of anilines is 2. The minimum absolute atomic E-state index is 0.00922. The molecule has 1 aromatic carbocycles. The van der Waals surface area contributed by atoms with Gasteiger partial charge in [0.25, 0.3) is 0 Å². The van der Waals surface area contributed by atoms with Gasteiger partial charge in [0.2, 0.25) is 12.7 Å². The summed E-state index contributed by atoms with van der Waals surface area (Å²) >= 11 is 2.86. The number of aromatic amines is 1. The molecule has 0 radical (unpaired) electrons. The number of hydrogen-bond acceptors (Lipinski definition) is 8. The Morgan fingerprint density at radius 2 is 2.10 bits per heavy atom. The molecule has 0 saturated heterocycles. The summed E-state index contributed by atoms with van der Waals surface area (Å²) in [7, 11) is 0. The minimum Gasteiger partial charge on any atom is -0.340 e. The van der Waals surface area contributed by atoms with Crippen LogP contribution in [0.5, 0.6) is 0 Å². The molecule has 2 aliphatic carbocycles. The molecule has 1 unspecified atom stereocenters. The first-order chi connectivity index (χ1) is 15.1. The Hall–Kier alpha value is -2.69. The number of nitroso groups, excluding NO2 is 1. The van der Waals surface area contributed by atoms with Crippen molar-refractivity contribution < 1.29 is 4.76 Å². The Kier molecular flexibility index (Phi) is 4.58. The summed E-state index contributed by atoms with van der Waals surface area (Å²) in [6.07, 6.45) is 6.40. The molecule has 3 N–H and O–H groups in total. The second kappa shape index (κ2) is 7.47. The number of thiophene rings is 1. The summed E-state index contributed by atoms with van der Waals surface area (Å²) in [5, 5.41) is 7.79. The maximum Gasteiger partial charge on any atom is 0.305 e. The zero-order chi connectivity index (χ0) is 20.9. The predicted octanol–water partition coefficient (Wildman–Crippen LogP) is 3.68. The van der Waals surface area contributed by atoms with Crippen LogP contribution in [0.15, 0.2) is 29.3 Å². The van der Waals surface area contributed by atoms with Crippen LogP contribution in [0.3, 0.4) is 0 Å². The van der Waals surface area contributed by atoms with E-state index in [4.69, 9.17) is 0 Å². The number of nitrogens with zero attached hydrogens (tertiary/aromatic N) is 3. The summed E-state index contributed by atoms with van der Waals surface area (Å²) in [5.74, 6) is 0.776. The van der Waals surface area contributed by atoms with E-state index in [9.17, 15) is 9.70 Å². The van der Waals surface area contributed by atoms with E-state index in [1.54, 1.807) is 17.7 Å². The van der Waals surface area contributed by atoms with E-state index >= 15 is 0 Å². The second-order valence-corrected chi connectivity index (χ2v) is 10.3. The first-order valence-corrected chi connectivity index (χ1v) is 12.1. The van der Waals surface area contributed by atoms with Gasteiger partial charge in [-0.3, -0.25) is 10.1 Å². The smallest absolute Gasteiger partial charge is 0.305 e. The van der Waals surface area contributed by atoms with Crippen molar-refractivity contribution in [1.29, 1.82) is 0 Å². The lowest BCUT2D eigenvalue weighted by Crippen LogP contribution is -2.36. The number of benzene rings is 1. The van der Waals surface area contributed by atoms with E-state index < -0.39 is 0 Å². The largest absolute Gasteiger partial charge is 0.340 e. The van der Waals surface area contributed by atoms with Crippen LogP contribution in [0.25, 0.3) is 20.4 Å². The number of aromatic nitrogens is 3. The highest BCUT2D eigenvalue weighted by Gasteiger charge is 2.34. The summed E-state index contributed by atoms with van der Waals surface area (Å²) in [6, 6.07) is 6.35. The summed E-state index contributed by atoms with van der Waals surface area (Å²) < 4.78 is 2.12. The maximum absolute atomic E-state index is 12.6. The molecule has 1 saturated carbocycles. The van der Waals surface area contributed by atoms with Crippen LogP contribution in [0.4, 0.5) is 11.5 Å². The second-order valence-electron chi connectivity index (χ2n) is 8.21. The molecule has 6 rings (SSSR count). The fourth-order valence-corrected chi connectivity index (χ4v) is 6.26. The Balaban J connectivity index is 1.28. The van der Waals surface area contributed by atoms with Crippen molar-refractivity contribution in [3.8, 4) is 0 Å². The average molecular weight is 454 g/mol. The number of fused-ring (bicyclic) bond motifs is 4. The van der Waals surface area contributed by atoms with E-state index in [1.165, 1.54) is 39.4 Å². The van der Waals surface area contributed by atoms with Crippen molar-refractivity contribution in [3.05, 3.63) is 49.5 Å². The lowest BCUT2D eigenvalue weighted by Gasteiger charge is -2.17. The SMILES string of the molecule is O=c1[nH]c2ccc(Nc3ncnc4sc5c(c34)CCC([N+](=O)CNC3CC3)C5)cc2s1. The molecule has 1 atom stereocenters. The quantitative estimate of drug-likeness (QED) is 0.304. The van der Waals surface area contributed by atoms with E-state index in [-0.39, 0.29) is 10.9 Å². The molecule has 158 valence electrons. The van der Waals surface area contributed by atoms with Crippen LogP contribution < -0.4 is 15.5 Å². The van der Waals surface area contributed by atoms with Crippen LogP contribution in [0.1, 0.15) is 29.7 Å². The Bertz CT molecular complexity index is 1370. The number of aryl methyl sites for hydroxylation is 1. The molecule has 10 heteroatoms. The average Bonchev–Trinajstić information content (AvgIpc) is 3.41. The predicted molar refractivity (Wildman–Crippen MR) is 124 cm³/mol. The van der Waals surface area contributed by atoms with Gasteiger partial charge in [-0.1, -0.05) is 11.3 Å². The van der Waals surface area contributed by atoms with E-state index in [2.05, 4.69) is 25.6 Å². The zero-order valence-corrected chi connectivity index (χ0v) is 18.3. The van der Waals surface area contributed by atoms with Crippen molar-refractivity contribution >= 4 is 54.6 Å². The van der Waals surface area contributed by atoms with Crippen LogP contribution in [0, 0.1) is 4.91 Å². The molecule has 3 aromatic heterocycles. The first kappa shape index (κ1) is 19.0. The van der Waals surface area contributed by atoms with Crippen LogP contribution in [-0.4, -0.2) is 38.5 Å². The Morgan fingerprint density at radius 1 is 1.19 bits per heavy atom. The van der Waals surface area contributed by atoms with Gasteiger partial charge in [-0.15, -0.1) is 11.3 Å². The summed E-state index contributed by atoms with van der Waals surface area (Å²) in [6.45, 7) is 0.413. The van der Waals surface area contributed by atoms with Gasteiger partial charge in [0.15, 0.2) is 0 Å². The number of thiazole rings is 1. The molecule has 0 spiro atoms. The van der Waals surface area contributed by atoms with E-state index in [0.717, 1.165) is 51.2 Å². The van der Waals surface area contributed by atoms with Gasteiger partial charge in [-0.2, -0.15) is 0 Å². The van der Waals surface area contributed by atoms with Crippen molar-refractivity contribution in [2.24, 2.45) is 0 Å². The minimum atomic E-state index is -0.0576. The monoisotopic (exact) mass is 453 g/mol. The highest BCUT2D eigenvalue weighted by atomic mass is 32.1. The van der Waals surface area contributed by atoms with Gasteiger partial charge in [0.1, 0.15) is 17.0 Å². The van der Waals surface area contributed by atoms with Crippen molar-refractivity contribution in [1.82, 2.24) is 20.3 Å². The molecule has 1 fully saturated rings. The van der Waals surface area contributed by atoms with Gasteiger partial charge >= 0.3 is 4.87 Å². The summed E-state index contributed by atoms with van der Waals surface area (Å²) in [4.78, 5) is 38.1. The van der Waals surface area contributed by atoms with Gasteiger partial charge in [0.05, 0.1) is 15.6 Å². The number of nitrogens with one attached hydrogen (secondary N) is 3. The molecule has 3 heterocycles. The molecule has 0 aliphatic heterocycles. The summed E-state index contributed by atoms with van der Waals surface area (Å²) in [5.41, 5.74) is 2.98. The van der Waals surface area contributed by atoms with Crippen LogP contribution in [-0.2, 0) is 12.8 Å². The van der Waals surface area contributed by atoms with E-state index in [1.807, 2.05) is 18.2 Å². The maximum atomic E-state index is 12.6. The van der Waals surface area contributed by atoms with Gasteiger partial charge in [0, 0.05) is 39.1 Å². The topological polar surface area (TPSA) is 103 Å². The Labute approximate surface area is 185 Å².